The molecule has 0 atom stereocenters. The highest BCUT2D eigenvalue weighted by molar-refractivity contribution is 6.04. The van der Waals surface area contributed by atoms with Gasteiger partial charge in [0, 0.05) is 6.42 Å². The molecule has 98 valence electrons. The van der Waals surface area contributed by atoms with E-state index < -0.39 is 5.97 Å². The molecule has 4 nitrogen and oxygen atoms in total. The molecule has 0 bridgehead atoms. The van der Waals surface area contributed by atoms with E-state index in [9.17, 15) is 4.79 Å². The molecule has 0 aliphatic heterocycles. The minimum Gasteiger partial charge on any atom is -0.494 e. The van der Waals surface area contributed by atoms with Crippen LogP contribution in [0, 0.1) is 0 Å². The highest BCUT2D eigenvalue weighted by atomic mass is 16.5. The third-order valence-electron chi connectivity index (χ3n) is 2.59. The Morgan fingerprint density at radius 2 is 2.22 bits per heavy atom. The third-order valence-corrected chi connectivity index (χ3v) is 2.59. The molecule has 1 rings (SSSR count). The summed E-state index contributed by atoms with van der Waals surface area (Å²) < 4.78 is 5.52. The Kier molecular flexibility index (Phi) is 6.95. The first-order valence-electron chi connectivity index (χ1n) is 6.30. The van der Waals surface area contributed by atoms with Crippen molar-refractivity contribution in [3.05, 3.63) is 29.8 Å². The van der Waals surface area contributed by atoms with E-state index in [1.165, 1.54) is 5.56 Å². The molecule has 0 aliphatic carbocycles. The van der Waals surface area contributed by atoms with Crippen LogP contribution in [-0.2, 0) is 11.2 Å². The van der Waals surface area contributed by atoms with E-state index in [1.807, 2.05) is 26.2 Å². The first-order valence-corrected chi connectivity index (χ1v) is 6.30. The monoisotopic (exact) mass is 249 g/mol. The number of aryl methyl sites for hydroxylation is 1. The number of carboxylic acid groups (broad SMARTS) is 1. The van der Waals surface area contributed by atoms with Crippen LogP contribution in [0.15, 0.2) is 24.3 Å². The summed E-state index contributed by atoms with van der Waals surface area (Å²) in [6, 6.07) is 7.99. The van der Waals surface area contributed by atoms with Crippen LogP contribution >= 0.6 is 0 Å². The minimum atomic E-state index is -0.778. The van der Waals surface area contributed by atoms with Gasteiger partial charge in [-0.25, -0.2) is 0 Å². The van der Waals surface area contributed by atoms with Crippen LogP contribution in [0.3, 0.4) is 0 Å². The molecule has 1 aromatic rings. The number of hydrogen-bond donors (Lipinski definition) is 2. The van der Waals surface area contributed by atoms with Gasteiger partial charge >= 0.3 is 5.97 Å². The maximum absolute atomic E-state index is 10.3. The predicted molar refractivity (Wildman–Crippen MR) is 73.7 cm³/mol. The van der Waals surface area contributed by atoms with Gasteiger partial charge in [0.05, 0.1) is 6.61 Å². The Balaban J connectivity index is 2.32. The number of aliphatic carboxylic acids is 1. The first-order chi connectivity index (χ1) is 8.72. The summed E-state index contributed by atoms with van der Waals surface area (Å²) in [5, 5.41) is 11.6. The van der Waals surface area contributed by atoms with Crippen LogP contribution in [0.1, 0.15) is 24.8 Å². The molecule has 0 aliphatic rings. The highest BCUT2D eigenvalue weighted by Gasteiger charge is 1.99. The van der Waals surface area contributed by atoms with E-state index in [0.717, 1.165) is 25.1 Å². The predicted octanol–water partition coefficient (Wildman–Crippen LogP) is 1.00. The summed E-state index contributed by atoms with van der Waals surface area (Å²) in [4.78, 5) is 10.3. The van der Waals surface area contributed by atoms with Crippen molar-refractivity contribution in [1.29, 1.82) is 0 Å². The average Bonchev–Trinajstić information content (AvgIpc) is 2.35. The normalized spacial score (nSPS) is 10.2. The van der Waals surface area contributed by atoms with Crippen molar-refractivity contribution in [2.24, 2.45) is 0 Å². The van der Waals surface area contributed by atoms with Crippen molar-refractivity contribution < 1.29 is 14.6 Å². The standard InChI is InChI=1S/C13H20BNO3/c14-15-8-2-5-11-4-1-6-12(10-11)18-9-3-7-13(16)17/h1,4,6,10,15H,2-3,5,7-9,14H2,(H,16,17). The van der Waals surface area contributed by atoms with Crippen molar-refractivity contribution in [1.82, 2.24) is 5.23 Å². The second-order valence-electron chi connectivity index (χ2n) is 4.20. The lowest BCUT2D eigenvalue weighted by Crippen LogP contribution is -2.10. The van der Waals surface area contributed by atoms with Crippen LogP contribution in [0.25, 0.3) is 0 Å². The third kappa shape index (κ3) is 6.30. The zero-order chi connectivity index (χ0) is 13.2. The Hall–Kier alpha value is -1.49. The SMILES string of the molecule is BNCCCc1cccc(OCCCC(=O)O)c1. The Morgan fingerprint density at radius 1 is 1.39 bits per heavy atom. The Bertz CT molecular complexity index is 371. The van der Waals surface area contributed by atoms with Gasteiger partial charge in [0.2, 0.25) is 0 Å². The number of nitrogens with one attached hydrogen (secondary N) is 1. The van der Waals surface area contributed by atoms with Gasteiger partial charge in [0.15, 0.2) is 7.98 Å². The number of carboxylic acids is 1. The van der Waals surface area contributed by atoms with E-state index in [0.29, 0.717) is 13.0 Å². The Labute approximate surface area is 109 Å². The number of carbonyl (C=O) groups is 1. The minimum absolute atomic E-state index is 0.155. The van der Waals surface area contributed by atoms with E-state index >= 15 is 0 Å². The molecule has 0 fully saturated rings. The average molecular weight is 249 g/mol. The molecule has 0 saturated carbocycles. The van der Waals surface area contributed by atoms with Crippen LogP contribution in [0.4, 0.5) is 0 Å². The van der Waals surface area contributed by atoms with Crippen molar-refractivity contribution in [3.8, 4) is 5.75 Å². The van der Waals surface area contributed by atoms with Gasteiger partial charge in [0.1, 0.15) is 5.75 Å². The lowest BCUT2D eigenvalue weighted by Gasteiger charge is -2.07. The summed E-state index contributed by atoms with van der Waals surface area (Å²) in [6.07, 6.45) is 2.81. The van der Waals surface area contributed by atoms with Crippen molar-refractivity contribution in [2.45, 2.75) is 25.7 Å². The number of rotatable bonds is 9. The van der Waals surface area contributed by atoms with Crippen molar-refractivity contribution in [2.75, 3.05) is 13.2 Å². The van der Waals surface area contributed by atoms with E-state index in [-0.39, 0.29) is 6.42 Å². The van der Waals surface area contributed by atoms with Gasteiger partial charge in [-0.05, 0) is 43.5 Å². The fraction of sp³-hybridized carbons (Fsp3) is 0.462. The topological polar surface area (TPSA) is 58.6 Å². The lowest BCUT2D eigenvalue weighted by molar-refractivity contribution is -0.137. The molecule has 0 aromatic heterocycles. The first kappa shape index (κ1) is 14.6. The van der Waals surface area contributed by atoms with Gasteiger partial charge in [0.25, 0.3) is 0 Å². The highest BCUT2D eigenvalue weighted by Crippen LogP contribution is 2.15. The molecule has 0 saturated heterocycles. The zero-order valence-corrected chi connectivity index (χ0v) is 10.8. The zero-order valence-electron chi connectivity index (χ0n) is 10.8. The molecular formula is C13H20BNO3. The quantitative estimate of drug-likeness (QED) is 0.506. The van der Waals surface area contributed by atoms with Crippen LogP contribution < -0.4 is 9.96 Å². The van der Waals surface area contributed by atoms with E-state index in [1.54, 1.807) is 0 Å². The van der Waals surface area contributed by atoms with Crippen molar-refractivity contribution in [3.63, 3.8) is 0 Å². The molecule has 1 aromatic carbocycles. The van der Waals surface area contributed by atoms with E-state index in [4.69, 9.17) is 9.84 Å². The molecule has 0 heterocycles. The second-order valence-corrected chi connectivity index (χ2v) is 4.20. The number of ether oxygens (including phenoxy) is 1. The molecule has 2 N–H and O–H groups in total. The van der Waals surface area contributed by atoms with Gasteiger partial charge in [-0.2, -0.15) is 0 Å². The van der Waals surface area contributed by atoms with Crippen molar-refractivity contribution >= 4 is 14.0 Å². The Morgan fingerprint density at radius 3 is 2.94 bits per heavy atom. The number of hydrogen-bond acceptors (Lipinski definition) is 3. The summed E-state index contributed by atoms with van der Waals surface area (Å²) in [6.45, 7) is 1.45. The second kappa shape index (κ2) is 8.58. The molecule has 0 amide bonds. The number of benzene rings is 1. The largest absolute Gasteiger partial charge is 0.494 e. The van der Waals surface area contributed by atoms with Crippen LogP contribution in [-0.4, -0.2) is 32.2 Å². The molecular weight excluding hydrogens is 229 g/mol. The fourth-order valence-electron chi connectivity index (χ4n) is 1.67. The lowest BCUT2D eigenvalue weighted by atomic mass is 10.1. The molecule has 5 heteroatoms. The van der Waals surface area contributed by atoms with Gasteiger partial charge in [-0.1, -0.05) is 12.1 Å². The smallest absolute Gasteiger partial charge is 0.303 e. The molecule has 0 unspecified atom stereocenters. The molecule has 0 radical (unpaired) electrons. The van der Waals surface area contributed by atoms with E-state index in [2.05, 4.69) is 11.3 Å². The summed E-state index contributed by atoms with van der Waals surface area (Å²) in [7, 11) is 1.95. The summed E-state index contributed by atoms with van der Waals surface area (Å²) >= 11 is 0. The molecule has 18 heavy (non-hydrogen) atoms. The van der Waals surface area contributed by atoms with Gasteiger partial charge < -0.3 is 15.1 Å². The maximum Gasteiger partial charge on any atom is 0.303 e. The van der Waals surface area contributed by atoms with Gasteiger partial charge in [-0.15, -0.1) is 0 Å². The summed E-state index contributed by atoms with van der Waals surface area (Å²) in [5.74, 6) is 0.0433. The molecule has 0 spiro atoms. The van der Waals surface area contributed by atoms with Crippen LogP contribution in [0.5, 0.6) is 5.75 Å². The summed E-state index contributed by atoms with van der Waals surface area (Å²) in [5.41, 5.74) is 1.25. The van der Waals surface area contributed by atoms with Gasteiger partial charge in [-0.3, -0.25) is 4.79 Å². The maximum atomic E-state index is 10.3. The fourth-order valence-corrected chi connectivity index (χ4v) is 1.67. The van der Waals surface area contributed by atoms with Crippen LogP contribution in [0.2, 0.25) is 0 Å².